The number of unbranched alkanes of at least 4 members (excludes halogenated alkanes) is 3. The minimum Gasteiger partial charge on any atom is -0.480 e. The third kappa shape index (κ3) is 17.0. The first kappa shape index (κ1) is 37.2. The number of carboxylic acid groups (broad SMARTS) is 1. The standard InChI is InChI=1S/C26H52N8O6/c1-17(2)15-21(34-23(36)18(30)9-3-6-12-27)25(38)33-19(10-4-7-13-28)24(37)31-16-22(35)32-20(26(39)40)11-5-8-14-29/h17-21H,3-16,27-30H2,1-2H3,(H,31,37)(H,32,35)(H,33,38)(H,34,36)(H,39,40)/t18-,19-,20-,21-/m0/s1. The molecule has 0 aliphatic heterocycles. The zero-order chi connectivity index (χ0) is 30.5. The second-order valence-electron chi connectivity index (χ2n) is 10.4. The zero-order valence-electron chi connectivity index (χ0n) is 24.1. The maximum absolute atomic E-state index is 13.2. The lowest BCUT2D eigenvalue weighted by Crippen LogP contribution is -2.56. The van der Waals surface area contributed by atoms with E-state index < -0.39 is 60.3 Å². The normalized spacial score (nSPS) is 14.1. The summed E-state index contributed by atoms with van der Waals surface area (Å²) < 4.78 is 0. The monoisotopic (exact) mass is 572 g/mol. The molecule has 0 radical (unpaired) electrons. The first-order valence-electron chi connectivity index (χ1n) is 14.2. The van der Waals surface area contributed by atoms with Crippen LogP contribution in [0.1, 0.15) is 78.1 Å². The lowest BCUT2D eigenvalue weighted by atomic mass is 10.0. The second kappa shape index (κ2) is 21.9. The molecule has 0 saturated heterocycles. The molecule has 4 amide bonds. The average Bonchev–Trinajstić information content (AvgIpc) is 2.89. The van der Waals surface area contributed by atoms with Gasteiger partial charge in [0.15, 0.2) is 0 Å². The highest BCUT2D eigenvalue weighted by Crippen LogP contribution is 2.09. The van der Waals surface area contributed by atoms with E-state index in [4.69, 9.17) is 22.9 Å². The minimum atomic E-state index is -1.18. The summed E-state index contributed by atoms with van der Waals surface area (Å²) in [5.41, 5.74) is 22.5. The van der Waals surface area contributed by atoms with Crippen LogP contribution in [0.15, 0.2) is 0 Å². The van der Waals surface area contributed by atoms with E-state index in [9.17, 15) is 29.1 Å². The van der Waals surface area contributed by atoms with Crippen LogP contribution in [0, 0.1) is 5.92 Å². The van der Waals surface area contributed by atoms with Gasteiger partial charge in [0.05, 0.1) is 12.6 Å². The molecule has 0 unspecified atom stereocenters. The molecule has 0 aromatic rings. The number of rotatable bonds is 23. The van der Waals surface area contributed by atoms with Gasteiger partial charge in [-0.2, -0.15) is 0 Å². The third-order valence-electron chi connectivity index (χ3n) is 6.23. The number of aliphatic carboxylic acids is 1. The van der Waals surface area contributed by atoms with E-state index in [-0.39, 0.29) is 18.8 Å². The maximum Gasteiger partial charge on any atom is 0.326 e. The van der Waals surface area contributed by atoms with Gasteiger partial charge in [0, 0.05) is 0 Å². The van der Waals surface area contributed by atoms with Crippen LogP contribution >= 0.6 is 0 Å². The predicted molar refractivity (Wildman–Crippen MR) is 153 cm³/mol. The van der Waals surface area contributed by atoms with Crippen molar-refractivity contribution in [1.29, 1.82) is 0 Å². The van der Waals surface area contributed by atoms with Gasteiger partial charge < -0.3 is 49.3 Å². The molecule has 0 aromatic carbocycles. The van der Waals surface area contributed by atoms with Crippen LogP contribution in [0.4, 0.5) is 0 Å². The number of carbonyl (C=O) groups is 5. The number of nitrogens with one attached hydrogen (secondary N) is 4. The molecule has 14 nitrogen and oxygen atoms in total. The average molecular weight is 573 g/mol. The summed E-state index contributed by atoms with van der Waals surface area (Å²) in [6, 6.07) is -3.79. The Labute approximate surface area is 237 Å². The molecular formula is C26H52N8O6. The largest absolute Gasteiger partial charge is 0.480 e. The molecule has 0 aliphatic carbocycles. The molecule has 0 heterocycles. The predicted octanol–water partition coefficient (Wildman–Crippen LogP) is -1.60. The van der Waals surface area contributed by atoms with Gasteiger partial charge in [-0.25, -0.2) is 4.79 Å². The van der Waals surface area contributed by atoms with Crippen molar-refractivity contribution in [3.63, 3.8) is 0 Å². The quantitative estimate of drug-likeness (QED) is 0.0633. The van der Waals surface area contributed by atoms with Crippen LogP contribution in [0.5, 0.6) is 0 Å². The molecule has 40 heavy (non-hydrogen) atoms. The highest BCUT2D eigenvalue weighted by molar-refractivity contribution is 5.94. The molecule has 0 aromatic heterocycles. The summed E-state index contributed by atoms with van der Waals surface area (Å²) in [4.78, 5) is 62.5. The van der Waals surface area contributed by atoms with Crippen LogP contribution in [-0.2, 0) is 24.0 Å². The molecule has 0 aliphatic rings. The number of nitrogens with two attached hydrogens (primary N) is 4. The Morgan fingerprint density at radius 1 is 0.650 bits per heavy atom. The van der Waals surface area contributed by atoms with Crippen molar-refractivity contribution in [2.75, 3.05) is 26.2 Å². The Morgan fingerprint density at radius 3 is 1.65 bits per heavy atom. The molecule has 0 saturated carbocycles. The fraction of sp³-hybridized carbons (Fsp3) is 0.808. The highest BCUT2D eigenvalue weighted by Gasteiger charge is 2.29. The Kier molecular flexibility index (Phi) is 20.4. The maximum atomic E-state index is 13.2. The molecule has 0 fully saturated rings. The summed E-state index contributed by atoms with van der Waals surface area (Å²) in [6.07, 6.45) is 4.96. The molecular weight excluding hydrogens is 520 g/mol. The van der Waals surface area contributed by atoms with Crippen LogP contribution < -0.4 is 44.2 Å². The first-order valence-corrected chi connectivity index (χ1v) is 14.2. The molecule has 232 valence electrons. The van der Waals surface area contributed by atoms with Crippen molar-refractivity contribution in [3.8, 4) is 0 Å². The molecule has 14 heteroatoms. The van der Waals surface area contributed by atoms with E-state index in [1.165, 1.54) is 0 Å². The summed E-state index contributed by atoms with van der Waals surface area (Å²) in [6.45, 7) is 4.65. The number of carboxylic acids is 1. The lowest BCUT2D eigenvalue weighted by Gasteiger charge is -2.25. The van der Waals surface area contributed by atoms with Crippen molar-refractivity contribution in [3.05, 3.63) is 0 Å². The molecule has 4 atom stereocenters. The van der Waals surface area contributed by atoms with E-state index in [1.807, 2.05) is 13.8 Å². The Hall–Kier alpha value is -2.81. The van der Waals surface area contributed by atoms with E-state index in [0.29, 0.717) is 64.6 Å². The Bertz CT molecular complexity index is 782. The first-order chi connectivity index (χ1) is 19.0. The molecule has 13 N–H and O–H groups in total. The summed E-state index contributed by atoms with van der Waals surface area (Å²) in [5.74, 6) is -3.40. The van der Waals surface area contributed by atoms with E-state index in [2.05, 4.69) is 21.3 Å². The van der Waals surface area contributed by atoms with E-state index >= 15 is 0 Å². The van der Waals surface area contributed by atoms with Crippen LogP contribution in [0.2, 0.25) is 0 Å². The Morgan fingerprint density at radius 2 is 1.15 bits per heavy atom. The van der Waals surface area contributed by atoms with Crippen molar-refractivity contribution in [1.82, 2.24) is 21.3 Å². The smallest absolute Gasteiger partial charge is 0.326 e. The molecule has 0 bridgehead atoms. The lowest BCUT2D eigenvalue weighted by molar-refractivity contribution is -0.142. The number of carbonyl (C=O) groups excluding carboxylic acids is 4. The van der Waals surface area contributed by atoms with Gasteiger partial charge in [0.1, 0.15) is 18.1 Å². The van der Waals surface area contributed by atoms with Crippen LogP contribution in [0.25, 0.3) is 0 Å². The van der Waals surface area contributed by atoms with Crippen molar-refractivity contribution >= 4 is 29.6 Å². The number of hydrogen-bond donors (Lipinski definition) is 9. The van der Waals surface area contributed by atoms with Gasteiger partial charge >= 0.3 is 5.97 Å². The van der Waals surface area contributed by atoms with E-state index in [1.54, 1.807) is 0 Å². The fourth-order valence-corrected chi connectivity index (χ4v) is 3.94. The van der Waals surface area contributed by atoms with E-state index in [0.717, 1.165) is 6.42 Å². The van der Waals surface area contributed by atoms with Gasteiger partial charge in [-0.15, -0.1) is 0 Å². The number of hydrogen-bond acceptors (Lipinski definition) is 9. The van der Waals surface area contributed by atoms with Gasteiger partial charge in [-0.1, -0.05) is 20.3 Å². The molecule has 0 spiro atoms. The third-order valence-corrected chi connectivity index (χ3v) is 6.23. The summed E-state index contributed by atoms with van der Waals surface area (Å²) >= 11 is 0. The zero-order valence-corrected chi connectivity index (χ0v) is 24.1. The van der Waals surface area contributed by atoms with Crippen molar-refractivity contribution in [2.24, 2.45) is 28.9 Å². The van der Waals surface area contributed by atoms with Crippen molar-refractivity contribution in [2.45, 2.75) is 102 Å². The summed E-state index contributed by atoms with van der Waals surface area (Å²) in [7, 11) is 0. The number of amides is 4. The van der Waals surface area contributed by atoms with Crippen LogP contribution in [0.3, 0.4) is 0 Å². The Balaban J connectivity index is 5.28. The molecule has 0 rings (SSSR count). The van der Waals surface area contributed by atoms with Gasteiger partial charge in [0.25, 0.3) is 0 Å². The summed E-state index contributed by atoms with van der Waals surface area (Å²) in [5, 5.41) is 19.6. The minimum absolute atomic E-state index is 0.0600. The van der Waals surface area contributed by atoms with Gasteiger partial charge in [0.2, 0.25) is 23.6 Å². The van der Waals surface area contributed by atoms with Gasteiger partial charge in [-0.3, -0.25) is 19.2 Å². The van der Waals surface area contributed by atoms with Crippen molar-refractivity contribution < 1.29 is 29.1 Å². The highest BCUT2D eigenvalue weighted by atomic mass is 16.4. The second-order valence-corrected chi connectivity index (χ2v) is 10.4. The van der Waals surface area contributed by atoms with Gasteiger partial charge in [-0.05, 0) is 83.3 Å². The fourth-order valence-electron chi connectivity index (χ4n) is 3.94. The SMILES string of the molecule is CC(C)C[C@H](NC(=O)[C@@H](N)CCCCN)C(=O)N[C@@H](CCCCN)C(=O)NCC(=O)N[C@@H](CCCCN)C(=O)O. The topological polar surface area (TPSA) is 258 Å². The van der Waals surface area contributed by atoms with Crippen LogP contribution in [-0.4, -0.2) is 85.1 Å².